The Hall–Kier alpha value is -2.27. The number of anilines is 2. The molecule has 0 amide bonds. The summed E-state index contributed by atoms with van der Waals surface area (Å²) in [5.41, 5.74) is 1.73. The summed E-state index contributed by atoms with van der Waals surface area (Å²) in [5, 5.41) is 6.68. The number of hydrogen-bond donors (Lipinski definition) is 2. The number of sulfonamides is 1. The van der Waals surface area contributed by atoms with Gasteiger partial charge in [-0.25, -0.2) is 13.4 Å². The van der Waals surface area contributed by atoms with E-state index in [1.165, 1.54) is 4.31 Å². The Labute approximate surface area is 176 Å². The number of ether oxygens (including phenoxy) is 1. The Morgan fingerprint density at radius 1 is 1.21 bits per heavy atom. The van der Waals surface area contributed by atoms with Crippen molar-refractivity contribution in [1.29, 1.82) is 0 Å². The molecule has 1 aliphatic heterocycles. The third-order valence-electron chi connectivity index (χ3n) is 4.45. The lowest BCUT2D eigenvalue weighted by atomic mass is 10.2. The lowest BCUT2D eigenvalue weighted by Crippen LogP contribution is -2.40. The number of nitrogens with one attached hydrogen (secondary N) is 2. The van der Waals surface area contributed by atoms with Gasteiger partial charge in [-0.1, -0.05) is 6.07 Å². The van der Waals surface area contributed by atoms with Crippen molar-refractivity contribution in [3.63, 3.8) is 0 Å². The molecule has 1 fully saturated rings. The van der Waals surface area contributed by atoms with Crippen LogP contribution >= 0.6 is 12.2 Å². The largest absolute Gasteiger partial charge is 0.379 e. The van der Waals surface area contributed by atoms with Gasteiger partial charge >= 0.3 is 0 Å². The minimum atomic E-state index is -3.50. The van der Waals surface area contributed by atoms with Crippen LogP contribution in [0.3, 0.4) is 0 Å². The molecule has 10 heteroatoms. The topological polar surface area (TPSA) is 86.8 Å². The average Bonchev–Trinajstić information content (AvgIpc) is 2.73. The molecule has 0 atom stereocenters. The maximum absolute atomic E-state index is 12.7. The maximum Gasteiger partial charge on any atom is 0.243 e. The molecule has 0 aliphatic carbocycles. The second kappa shape index (κ2) is 9.49. The Balaban J connectivity index is 1.59. The van der Waals surface area contributed by atoms with E-state index < -0.39 is 10.0 Å². The summed E-state index contributed by atoms with van der Waals surface area (Å²) < 4.78 is 32.0. The molecule has 0 bridgehead atoms. The van der Waals surface area contributed by atoms with Gasteiger partial charge in [0.25, 0.3) is 0 Å². The molecule has 2 N–H and O–H groups in total. The Bertz CT molecular complexity index is 943. The van der Waals surface area contributed by atoms with Crippen molar-refractivity contribution in [3.8, 4) is 0 Å². The van der Waals surface area contributed by atoms with Crippen LogP contribution in [0.2, 0.25) is 0 Å². The van der Waals surface area contributed by atoms with E-state index in [1.54, 1.807) is 30.5 Å². The summed E-state index contributed by atoms with van der Waals surface area (Å²) in [7, 11) is 0.378. The molecule has 1 aliphatic rings. The molecule has 0 radical (unpaired) electrons. The van der Waals surface area contributed by atoms with Crippen LogP contribution in [0.5, 0.6) is 0 Å². The van der Waals surface area contributed by atoms with Gasteiger partial charge < -0.3 is 20.3 Å². The van der Waals surface area contributed by atoms with Crippen molar-refractivity contribution in [3.05, 3.63) is 48.2 Å². The zero-order chi connectivity index (χ0) is 20.9. The molecule has 1 aromatic carbocycles. The first-order valence-corrected chi connectivity index (χ1v) is 11.1. The van der Waals surface area contributed by atoms with Crippen LogP contribution in [-0.2, 0) is 21.3 Å². The van der Waals surface area contributed by atoms with Crippen molar-refractivity contribution in [1.82, 2.24) is 14.6 Å². The Kier molecular flexibility index (Phi) is 7.01. The van der Waals surface area contributed by atoms with Crippen LogP contribution in [0.4, 0.5) is 11.5 Å². The van der Waals surface area contributed by atoms with Crippen molar-refractivity contribution < 1.29 is 13.2 Å². The molecule has 1 aromatic heterocycles. The SMILES string of the molecule is CN(C)c1ncccc1CNC(=S)Nc1ccc(S(=O)(=O)N2CCOCC2)cc1. The molecule has 8 nitrogen and oxygen atoms in total. The zero-order valence-electron chi connectivity index (χ0n) is 16.5. The van der Waals surface area contributed by atoms with Gasteiger partial charge in [-0.15, -0.1) is 0 Å². The van der Waals surface area contributed by atoms with E-state index in [1.807, 2.05) is 31.1 Å². The quantitative estimate of drug-likeness (QED) is 0.663. The normalized spacial score (nSPS) is 15.0. The van der Waals surface area contributed by atoms with Gasteiger partial charge in [0.1, 0.15) is 5.82 Å². The monoisotopic (exact) mass is 435 g/mol. The van der Waals surface area contributed by atoms with Crippen molar-refractivity contribution in [2.24, 2.45) is 0 Å². The lowest BCUT2D eigenvalue weighted by Gasteiger charge is -2.26. The van der Waals surface area contributed by atoms with Crippen molar-refractivity contribution >= 4 is 38.9 Å². The first kappa shape index (κ1) is 21.4. The number of benzene rings is 1. The summed E-state index contributed by atoms with van der Waals surface area (Å²) in [5.74, 6) is 0.875. The molecule has 156 valence electrons. The summed E-state index contributed by atoms with van der Waals surface area (Å²) in [6.45, 7) is 2.12. The highest BCUT2D eigenvalue weighted by atomic mass is 32.2. The van der Waals surface area contributed by atoms with Gasteiger partial charge in [-0.3, -0.25) is 0 Å². The number of thiocarbonyl (C=S) groups is 1. The fourth-order valence-electron chi connectivity index (χ4n) is 2.97. The van der Waals surface area contributed by atoms with Crippen LogP contribution < -0.4 is 15.5 Å². The number of morpholine rings is 1. The highest BCUT2D eigenvalue weighted by molar-refractivity contribution is 7.89. The van der Waals surface area contributed by atoms with E-state index >= 15 is 0 Å². The molecule has 1 saturated heterocycles. The minimum Gasteiger partial charge on any atom is -0.379 e. The van der Waals surface area contributed by atoms with Gasteiger partial charge in [0.15, 0.2) is 5.11 Å². The molecule has 3 rings (SSSR count). The van der Waals surface area contributed by atoms with Gasteiger partial charge in [-0.2, -0.15) is 4.31 Å². The number of pyridine rings is 1. The molecule has 29 heavy (non-hydrogen) atoms. The second-order valence-electron chi connectivity index (χ2n) is 6.73. The summed E-state index contributed by atoms with van der Waals surface area (Å²) in [6, 6.07) is 10.5. The van der Waals surface area contributed by atoms with E-state index in [-0.39, 0.29) is 4.90 Å². The van der Waals surface area contributed by atoms with Gasteiger partial charge in [0.2, 0.25) is 10.0 Å². The highest BCUT2D eigenvalue weighted by Crippen LogP contribution is 2.19. The molecular weight excluding hydrogens is 410 g/mol. The Morgan fingerprint density at radius 2 is 1.90 bits per heavy atom. The minimum absolute atomic E-state index is 0.259. The van der Waals surface area contributed by atoms with E-state index in [4.69, 9.17) is 17.0 Å². The molecular formula is C19H25N5O3S2. The van der Waals surface area contributed by atoms with Gasteiger partial charge in [0, 0.05) is 51.2 Å². The summed E-state index contributed by atoms with van der Waals surface area (Å²) >= 11 is 5.36. The number of rotatable bonds is 6. The van der Waals surface area contributed by atoms with Crippen LogP contribution in [0.1, 0.15) is 5.56 Å². The predicted molar refractivity (Wildman–Crippen MR) is 118 cm³/mol. The molecule has 2 aromatic rings. The van der Waals surface area contributed by atoms with Crippen LogP contribution in [0, 0.1) is 0 Å². The van der Waals surface area contributed by atoms with Crippen molar-refractivity contribution in [2.75, 3.05) is 50.6 Å². The van der Waals surface area contributed by atoms with Crippen LogP contribution in [0.25, 0.3) is 0 Å². The maximum atomic E-state index is 12.7. The standard InChI is InChI=1S/C19H25N5O3S2/c1-23(2)18-15(4-3-9-20-18)14-21-19(28)22-16-5-7-17(8-6-16)29(25,26)24-10-12-27-13-11-24/h3-9H,10-14H2,1-2H3,(H2,21,22,28). The average molecular weight is 436 g/mol. The predicted octanol–water partition coefficient (Wildman–Crippen LogP) is 1.66. The first-order chi connectivity index (χ1) is 13.9. The summed E-state index contributed by atoms with van der Waals surface area (Å²) in [6.07, 6.45) is 1.75. The van der Waals surface area contributed by atoms with Crippen molar-refractivity contribution in [2.45, 2.75) is 11.4 Å². The summed E-state index contributed by atoms with van der Waals surface area (Å²) in [4.78, 5) is 6.57. The number of aromatic nitrogens is 1. The van der Waals surface area contributed by atoms with E-state index in [2.05, 4.69) is 15.6 Å². The molecule has 2 heterocycles. The third-order valence-corrected chi connectivity index (χ3v) is 6.61. The van der Waals surface area contributed by atoms with Crippen LogP contribution in [0.15, 0.2) is 47.5 Å². The van der Waals surface area contributed by atoms with Crippen LogP contribution in [-0.4, -0.2) is 63.2 Å². The number of hydrogen-bond acceptors (Lipinski definition) is 6. The Morgan fingerprint density at radius 3 is 2.55 bits per heavy atom. The zero-order valence-corrected chi connectivity index (χ0v) is 18.1. The lowest BCUT2D eigenvalue weighted by molar-refractivity contribution is 0.0730. The van der Waals surface area contributed by atoms with E-state index in [0.29, 0.717) is 43.6 Å². The van der Waals surface area contributed by atoms with E-state index in [0.717, 1.165) is 11.4 Å². The fraction of sp³-hybridized carbons (Fsp3) is 0.368. The van der Waals surface area contributed by atoms with Gasteiger partial charge in [-0.05, 0) is 42.5 Å². The van der Waals surface area contributed by atoms with E-state index in [9.17, 15) is 8.42 Å². The molecule has 0 spiro atoms. The fourth-order valence-corrected chi connectivity index (χ4v) is 4.57. The first-order valence-electron chi connectivity index (χ1n) is 9.22. The molecule has 0 saturated carbocycles. The number of nitrogens with zero attached hydrogens (tertiary/aromatic N) is 3. The smallest absolute Gasteiger partial charge is 0.243 e. The highest BCUT2D eigenvalue weighted by Gasteiger charge is 2.26. The second-order valence-corrected chi connectivity index (χ2v) is 9.08. The third kappa shape index (κ3) is 5.41. The molecule has 0 unspecified atom stereocenters. The van der Waals surface area contributed by atoms with Gasteiger partial charge in [0.05, 0.1) is 18.1 Å².